The molecule has 2 heterocycles. The van der Waals surface area contributed by atoms with E-state index < -0.39 is 66.2 Å². The molecule has 4 atom stereocenters. The van der Waals surface area contributed by atoms with E-state index in [1.54, 1.807) is 13.8 Å². The van der Waals surface area contributed by atoms with Gasteiger partial charge in [0.1, 0.15) is 18.1 Å². The number of rotatable bonds is 14. The van der Waals surface area contributed by atoms with Crippen LogP contribution < -0.4 is 21.7 Å². The zero-order valence-corrected chi connectivity index (χ0v) is 19.7. The second-order valence-electron chi connectivity index (χ2n) is 8.46. The number of carboxylic acids is 2. The molecule has 2 aromatic rings. The van der Waals surface area contributed by atoms with Gasteiger partial charge in [-0.2, -0.15) is 0 Å². The Morgan fingerprint density at radius 3 is 1.89 bits per heavy atom. The van der Waals surface area contributed by atoms with Crippen molar-refractivity contribution >= 4 is 29.7 Å². The quantitative estimate of drug-likeness (QED) is 0.139. The summed E-state index contributed by atoms with van der Waals surface area (Å²) in [5, 5.41) is 25.7. The first-order valence-corrected chi connectivity index (χ1v) is 11.0. The number of aromatic nitrogens is 4. The van der Waals surface area contributed by atoms with Gasteiger partial charge in [-0.05, 0) is 5.92 Å². The molecule has 0 bridgehead atoms. The molecule has 0 radical (unpaired) electrons. The molecule has 0 aromatic carbocycles. The van der Waals surface area contributed by atoms with Crippen LogP contribution in [0.25, 0.3) is 0 Å². The van der Waals surface area contributed by atoms with Gasteiger partial charge >= 0.3 is 11.9 Å². The fourth-order valence-corrected chi connectivity index (χ4v) is 3.26. The highest BCUT2D eigenvalue weighted by atomic mass is 16.4. The molecule has 0 fully saturated rings. The van der Waals surface area contributed by atoms with E-state index in [-0.39, 0.29) is 12.8 Å². The smallest absolute Gasteiger partial charge is 0.326 e. The summed E-state index contributed by atoms with van der Waals surface area (Å²) < 4.78 is 0. The third-order valence-corrected chi connectivity index (χ3v) is 5.18. The fourth-order valence-electron chi connectivity index (χ4n) is 3.26. The van der Waals surface area contributed by atoms with Crippen LogP contribution in [0.1, 0.15) is 31.7 Å². The van der Waals surface area contributed by atoms with Gasteiger partial charge in [-0.1, -0.05) is 13.8 Å². The maximum absolute atomic E-state index is 12.9. The van der Waals surface area contributed by atoms with Crippen LogP contribution in [0.15, 0.2) is 25.0 Å². The van der Waals surface area contributed by atoms with E-state index in [2.05, 4.69) is 35.9 Å². The summed E-state index contributed by atoms with van der Waals surface area (Å²) in [6.45, 7) is 3.28. The average molecular weight is 507 g/mol. The maximum Gasteiger partial charge on any atom is 0.326 e. The number of imidazole rings is 2. The zero-order valence-electron chi connectivity index (χ0n) is 19.7. The number of amides is 3. The number of carbonyl (C=O) groups is 5. The Balaban J connectivity index is 2.08. The van der Waals surface area contributed by atoms with Crippen LogP contribution in [-0.4, -0.2) is 84.0 Å². The number of H-pyrrole nitrogens is 2. The molecule has 0 aliphatic carbocycles. The summed E-state index contributed by atoms with van der Waals surface area (Å²) in [5.41, 5.74) is 6.96. The van der Waals surface area contributed by atoms with Crippen molar-refractivity contribution in [3.8, 4) is 0 Å². The molecule has 36 heavy (non-hydrogen) atoms. The van der Waals surface area contributed by atoms with Gasteiger partial charge < -0.3 is 41.9 Å². The fraction of sp³-hybridized carbons (Fsp3) is 0.476. The molecule has 0 aliphatic rings. The summed E-state index contributed by atoms with van der Waals surface area (Å²) in [6, 6.07) is -5.16. The minimum absolute atomic E-state index is 0.134. The first-order valence-electron chi connectivity index (χ1n) is 11.0. The Morgan fingerprint density at radius 2 is 1.42 bits per heavy atom. The van der Waals surface area contributed by atoms with E-state index in [0.29, 0.717) is 11.4 Å². The van der Waals surface area contributed by atoms with Gasteiger partial charge in [-0.15, -0.1) is 0 Å². The minimum atomic E-state index is -1.60. The predicted octanol–water partition coefficient (Wildman–Crippen LogP) is -2.08. The van der Waals surface area contributed by atoms with Crippen LogP contribution in [0, 0.1) is 5.92 Å². The lowest BCUT2D eigenvalue weighted by Crippen LogP contribution is -2.59. The summed E-state index contributed by atoms with van der Waals surface area (Å²) >= 11 is 0. The van der Waals surface area contributed by atoms with Gasteiger partial charge in [-0.3, -0.25) is 19.2 Å². The van der Waals surface area contributed by atoms with Crippen molar-refractivity contribution in [3.05, 3.63) is 36.4 Å². The van der Waals surface area contributed by atoms with E-state index in [9.17, 15) is 34.2 Å². The first-order chi connectivity index (χ1) is 17.0. The lowest BCUT2D eigenvalue weighted by molar-refractivity contribution is -0.143. The van der Waals surface area contributed by atoms with E-state index in [4.69, 9.17) is 5.73 Å². The normalized spacial score (nSPS) is 14.3. The molecular formula is C21H30N8O7. The molecule has 3 amide bonds. The van der Waals surface area contributed by atoms with Gasteiger partial charge in [0.2, 0.25) is 17.7 Å². The molecule has 0 saturated heterocycles. The van der Waals surface area contributed by atoms with Crippen LogP contribution >= 0.6 is 0 Å². The lowest BCUT2D eigenvalue weighted by atomic mass is 10.0. The largest absolute Gasteiger partial charge is 0.481 e. The highest BCUT2D eigenvalue weighted by molar-refractivity contribution is 5.95. The average Bonchev–Trinajstić information content (AvgIpc) is 3.49. The number of aliphatic carboxylic acids is 2. The van der Waals surface area contributed by atoms with Crippen molar-refractivity contribution in [3.63, 3.8) is 0 Å². The van der Waals surface area contributed by atoms with Crippen LogP contribution in [-0.2, 0) is 36.8 Å². The third kappa shape index (κ3) is 8.50. The Hall–Kier alpha value is -4.27. The number of aromatic amines is 2. The minimum Gasteiger partial charge on any atom is -0.481 e. The van der Waals surface area contributed by atoms with Gasteiger partial charge in [0.15, 0.2) is 0 Å². The number of hydrogen-bond donors (Lipinski definition) is 8. The van der Waals surface area contributed by atoms with Crippen molar-refractivity contribution in [2.24, 2.45) is 11.7 Å². The Bertz CT molecular complexity index is 1040. The molecule has 0 spiro atoms. The van der Waals surface area contributed by atoms with Crippen molar-refractivity contribution in [2.45, 2.75) is 57.3 Å². The summed E-state index contributed by atoms with van der Waals surface area (Å²) in [5.74, 6) is -5.69. The van der Waals surface area contributed by atoms with Gasteiger partial charge in [0.05, 0.1) is 25.1 Å². The monoisotopic (exact) mass is 506 g/mol. The molecule has 4 unspecified atom stereocenters. The van der Waals surface area contributed by atoms with Crippen LogP contribution in [0.5, 0.6) is 0 Å². The predicted molar refractivity (Wildman–Crippen MR) is 123 cm³/mol. The first kappa shape index (κ1) is 28.0. The van der Waals surface area contributed by atoms with E-state index in [1.165, 1.54) is 25.0 Å². The van der Waals surface area contributed by atoms with Crippen LogP contribution in [0.3, 0.4) is 0 Å². The molecule has 15 heteroatoms. The van der Waals surface area contributed by atoms with Gasteiger partial charge in [0, 0.05) is 36.6 Å². The van der Waals surface area contributed by atoms with Crippen molar-refractivity contribution < 1.29 is 34.2 Å². The maximum atomic E-state index is 12.9. The van der Waals surface area contributed by atoms with Gasteiger partial charge in [-0.25, -0.2) is 14.8 Å². The van der Waals surface area contributed by atoms with E-state index >= 15 is 0 Å². The van der Waals surface area contributed by atoms with Gasteiger partial charge in [0.25, 0.3) is 0 Å². The van der Waals surface area contributed by atoms with Crippen molar-refractivity contribution in [1.29, 1.82) is 0 Å². The van der Waals surface area contributed by atoms with E-state index in [0.717, 1.165) is 0 Å². The zero-order chi connectivity index (χ0) is 26.8. The molecule has 196 valence electrons. The van der Waals surface area contributed by atoms with E-state index in [1.807, 2.05) is 0 Å². The molecule has 15 nitrogen and oxygen atoms in total. The number of carbonyl (C=O) groups excluding carboxylic acids is 3. The lowest BCUT2D eigenvalue weighted by Gasteiger charge is -2.26. The van der Waals surface area contributed by atoms with Crippen molar-refractivity contribution in [2.75, 3.05) is 0 Å². The Labute approximate surface area is 205 Å². The Kier molecular flexibility index (Phi) is 10.1. The molecule has 2 aromatic heterocycles. The number of nitrogens with one attached hydrogen (secondary N) is 5. The van der Waals surface area contributed by atoms with Crippen LogP contribution in [0.4, 0.5) is 0 Å². The highest BCUT2D eigenvalue weighted by Crippen LogP contribution is 2.07. The molecule has 0 aliphatic heterocycles. The molecule has 9 N–H and O–H groups in total. The second-order valence-corrected chi connectivity index (χ2v) is 8.46. The molecular weight excluding hydrogens is 476 g/mol. The second kappa shape index (κ2) is 13.0. The Morgan fingerprint density at radius 1 is 0.861 bits per heavy atom. The number of nitrogens with zero attached hydrogens (tertiary/aromatic N) is 2. The van der Waals surface area contributed by atoms with Crippen molar-refractivity contribution in [1.82, 2.24) is 35.9 Å². The molecule has 0 saturated carbocycles. The number of carboxylic acid groups (broad SMARTS) is 2. The topological polar surface area (TPSA) is 245 Å². The third-order valence-electron chi connectivity index (χ3n) is 5.18. The van der Waals surface area contributed by atoms with Crippen LogP contribution in [0.2, 0.25) is 0 Å². The standard InChI is InChI=1S/C21H30N8O7/c1-10(2)17(29-18(32)13(22)3-11-6-23-8-25-11)20(34)27-14(5-16(30)31)19(33)28-15(21(35)36)4-12-7-24-9-26-12/h6-10,13-15,17H,3-5,22H2,1-2H3,(H,23,25)(H,24,26)(H,27,34)(H,28,33)(H,29,32)(H,30,31)(H,35,36). The summed E-state index contributed by atoms with van der Waals surface area (Å²) in [7, 11) is 0. The number of nitrogens with two attached hydrogens (primary N) is 1. The summed E-state index contributed by atoms with van der Waals surface area (Å²) in [4.78, 5) is 74.4. The molecule has 2 rings (SSSR count). The highest BCUT2D eigenvalue weighted by Gasteiger charge is 2.33. The number of hydrogen-bond acceptors (Lipinski definition) is 8. The summed E-state index contributed by atoms with van der Waals surface area (Å²) in [6.07, 6.45) is 4.83. The SMILES string of the molecule is CC(C)C(NC(=O)C(N)Cc1cnc[nH]1)C(=O)NC(CC(=O)O)C(=O)NC(Cc1cnc[nH]1)C(=O)O.